The summed E-state index contributed by atoms with van der Waals surface area (Å²) in [5.41, 5.74) is 1.82. The molecular formula is C22H19F3N6O2. The zero-order valence-corrected chi connectivity index (χ0v) is 17.9. The summed E-state index contributed by atoms with van der Waals surface area (Å²) < 4.78 is 47.1. The van der Waals surface area contributed by atoms with Gasteiger partial charge in [-0.05, 0) is 44.0 Å². The second-order valence-corrected chi connectivity index (χ2v) is 7.40. The van der Waals surface area contributed by atoms with E-state index in [2.05, 4.69) is 25.3 Å². The molecule has 0 fully saturated rings. The summed E-state index contributed by atoms with van der Waals surface area (Å²) in [6.45, 7) is 4.60. The molecule has 8 nitrogen and oxygen atoms in total. The van der Waals surface area contributed by atoms with Crippen molar-refractivity contribution < 1.29 is 17.6 Å². The molecule has 1 N–H and O–H groups in total. The SMILES string of the molecule is Cc1cc(-c2cnc([C@H](C)Nc3ncc(F)c(-n4c([C@H](C)F)coc4=O)n3)nc2)ccc1F. The zero-order chi connectivity index (χ0) is 23.7. The molecule has 0 aliphatic heterocycles. The highest BCUT2D eigenvalue weighted by molar-refractivity contribution is 5.62. The van der Waals surface area contributed by atoms with Crippen molar-refractivity contribution in [2.75, 3.05) is 5.32 Å². The van der Waals surface area contributed by atoms with Crippen LogP contribution in [0.15, 0.2) is 52.3 Å². The third-order valence-corrected chi connectivity index (χ3v) is 4.96. The average molecular weight is 456 g/mol. The van der Waals surface area contributed by atoms with Crippen molar-refractivity contribution in [2.45, 2.75) is 33.0 Å². The lowest BCUT2D eigenvalue weighted by atomic mass is 10.1. The molecule has 0 amide bonds. The Morgan fingerprint density at radius 2 is 1.76 bits per heavy atom. The van der Waals surface area contributed by atoms with Crippen molar-refractivity contribution in [3.8, 4) is 16.9 Å². The highest BCUT2D eigenvalue weighted by Gasteiger charge is 2.21. The molecule has 0 aliphatic rings. The Hall–Kier alpha value is -4.02. The number of aromatic nitrogens is 5. The second-order valence-electron chi connectivity index (χ2n) is 7.40. The lowest BCUT2D eigenvalue weighted by molar-refractivity contribution is 0.359. The summed E-state index contributed by atoms with van der Waals surface area (Å²) in [6.07, 6.45) is 3.40. The molecule has 0 saturated carbocycles. The van der Waals surface area contributed by atoms with Gasteiger partial charge in [-0.25, -0.2) is 37.5 Å². The minimum atomic E-state index is -1.59. The van der Waals surface area contributed by atoms with Crippen LogP contribution < -0.4 is 11.1 Å². The van der Waals surface area contributed by atoms with Crippen molar-refractivity contribution >= 4 is 5.95 Å². The van der Waals surface area contributed by atoms with Crippen LogP contribution in [0.1, 0.15) is 43.1 Å². The van der Waals surface area contributed by atoms with Crippen LogP contribution in [-0.4, -0.2) is 24.5 Å². The zero-order valence-electron chi connectivity index (χ0n) is 17.9. The molecule has 0 unspecified atom stereocenters. The van der Waals surface area contributed by atoms with Gasteiger partial charge in [0.25, 0.3) is 0 Å². The molecule has 33 heavy (non-hydrogen) atoms. The maximum Gasteiger partial charge on any atom is 0.425 e. The summed E-state index contributed by atoms with van der Waals surface area (Å²) in [4.78, 5) is 28.5. The van der Waals surface area contributed by atoms with Crippen LogP contribution in [0, 0.1) is 18.6 Å². The van der Waals surface area contributed by atoms with E-state index in [0.717, 1.165) is 18.0 Å². The van der Waals surface area contributed by atoms with Crippen LogP contribution in [0.2, 0.25) is 0 Å². The third-order valence-electron chi connectivity index (χ3n) is 4.96. The number of halogens is 3. The summed E-state index contributed by atoms with van der Waals surface area (Å²) >= 11 is 0. The van der Waals surface area contributed by atoms with Gasteiger partial charge in [0, 0.05) is 18.0 Å². The molecule has 3 heterocycles. The fourth-order valence-corrected chi connectivity index (χ4v) is 3.18. The third kappa shape index (κ3) is 4.47. The lowest BCUT2D eigenvalue weighted by Gasteiger charge is -2.14. The number of benzene rings is 1. The van der Waals surface area contributed by atoms with Gasteiger partial charge in [0.1, 0.15) is 29.8 Å². The molecule has 1 aromatic carbocycles. The van der Waals surface area contributed by atoms with Gasteiger partial charge in [0.05, 0.1) is 12.2 Å². The molecule has 170 valence electrons. The Bertz CT molecular complexity index is 1350. The molecule has 4 rings (SSSR count). The van der Waals surface area contributed by atoms with E-state index in [0.29, 0.717) is 21.5 Å². The van der Waals surface area contributed by atoms with Crippen LogP contribution in [0.25, 0.3) is 16.9 Å². The van der Waals surface area contributed by atoms with E-state index in [-0.39, 0.29) is 17.5 Å². The number of rotatable bonds is 6. The van der Waals surface area contributed by atoms with Gasteiger partial charge in [0.2, 0.25) is 5.95 Å². The van der Waals surface area contributed by atoms with Crippen molar-refractivity contribution in [2.24, 2.45) is 0 Å². The molecular weight excluding hydrogens is 437 g/mol. The monoisotopic (exact) mass is 456 g/mol. The van der Waals surface area contributed by atoms with Crippen LogP contribution in [0.3, 0.4) is 0 Å². The Balaban J connectivity index is 1.57. The quantitative estimate of drug-likeness (QED) is 0.457. The fourth-order valence-electron chi connectivity index (χ4n) is 3.18. The highest BCUT2D eigenvalue weighted by atomic mass is 19.1. The Kier molecular flexibility index (Phi) is 5.95. The number of alkyl halides is 1. The predicted molar refractivity (Wildman–Crippen MR) is 114 cm³/mol. The van der Waals surface area contributed by atoms with Crippen molar-refractivity contribution in [3.05, 3.63) is 82.3 Å². The van der Waals surface area contributed by atoms with Gasteiger partial charge in [-0.2, -0.15) is 4.98 Å². The largest absolute Gasteiger partial charge is 0.425 e. The van der Waals surface area contributed by atoms with Gasteiger partial charge < -0.3 is 9.73 Å². The Labute approximate surface area is 186 Å². The normalized spacial score (nSPS) is 13.0. The summed E-state index contributed by atoms with van der Waals surface area (Å²) in [7, 11) is 0. The predicted octanol–water partition coefficient (Wildman–Crippen LogP) is 4.47. The molecule has 11 heteroatoms. The van der Waals surface area contributed by atoms with Crippen molar-refractivity contribution in [1.29, 1.82) is 0 Å². The van der Waals surface area contributed by atoms with Gasteiger partial charge >= 0.3 is 5.76 Å². The van der Waals surface area contributed by atoms with Crippen molar-refractivity contribution in [1.82, 2.24) is 24.5 Å². The first-order chi connectivity index (χ1) is 15.7. The van der Waals surface area contributed by atoms with Gasteiger partial charge in [-0.1, -0.05) is 6.07 Å². The van der Waals surface area contributed by atoms with Gasteiger partial charge in [0.15, 0.2) is 11.6 Å². The van der Waals surface area contributed by atoms with E-state index in [4.69, 9.17) is 4.42 Å². The molecule has 0 spiro atoms. The second kappa shape index (κ2) is 8.85. The van der Waals surface area contributed by atoms with Crippen LogP contribution in [-0.2, 0) is 0 Å². The van der Waals surface area contributed by atoms with E-state index >= 15 is 0 Å². The van der Waals surface area contributed by atoms with E-state index in [1.165, 1.54) is 13.0 Å². The first-order valence-electron chi connectivity index (χ1n) is 9.97. The summed E-state index contributed by atoms with van der Waals surface area (Å²) in [5.74, 6) is -2.26. The van der Waals surface area contributed by atoms with E-state index < -0.39 is 29.6 Å². The number of oxazole rings is 1. The Morgan fingerprint density at radius 1 is 1.03 bits per heavy atom. The first kappa shape index (κ1) is 22.2. The number of nitrogens with zero attached hydrogens (tertiary/aromatic N) is 5. The average Bonchev–Trinajstić information content (AvgIpc) is 3.18. The standard InChI is InChI=1S/C22H19F3N6O2/c1-11-6-14(4-5-16(11)24)15-7-26-19(27-8-15)13(3)29-21-28-9-17(25)20(30-21)31-18(12(2)23)10-33-22(31)32/h4-10,12-13H,1-3H3,(H,28,29,30)/t12-,13-/m0/s1. The maximum absolute atomic E-state index is 14.4. The lowest BCUT2D eigenvalue weighted by Crippen LogP contribution is -2.20. The number of aryl methyl sites for hydroxylation is 1. The molecule has 0 saturated heterocycles. The number of hydrogen-bond donors (Lipinski definition) is 1. The van der Waals surface area contributed by atoms with Crippen LogP contribution in [0.4, 0.5) is 19.1 Å². The summed E-state index contributed by atoms with van der Waals surface area (Å²) in [5, 5.41) is 2.93. The maximum atomic E-state index is 14.4. The Morgan fingerprint density at radius 3 is 2.42 bits per heavy atom. The van der Waals surface area contributed by atoms with Gasteiger partial charge in [-0.3, -0.25) is 0 Å². The fraction of sp³-hybridized carbons (Fsp3) is 0.227. The molecule has 4 aromatic rings. The molecule has 0 bridgehead atoms. The van der Waals surface area contributed by atoms with Crippen LogP contribution >= 0.6 is 0 Å². The smallest absolute Gasteiger partial charge is 0.416 e. The van der Waals surface area contributed by atoms with Gasteiger partial charge in [-0.15, -0.1) is 0 Å². The summed E-state index contributed by atoms with van der Waals surface area (Å²) in [6, 6.07) is 4.23. The van der Waals surface area contributed by atoms with Crippen LogP contribution in [0.5, 0.6) is 0 Å². The molecule has 0 radical (unpaired) electrons. The minimum absolute atomic E-state index is 0.0219. The van der Waals surface area contributed by atoms with E-state index in [1.807, 2.05) is 0 Å². The molecule has 2 atom stereocenters. The minimum Gasteiger partial charge on any atom is -0.416 e. The number of hydrogen-bond acceptors (Lipinski definition) is 7. The van der Waals surface area contributed by atoms with E-state index in [9.17, 15) is 18.0 Å². The highest BCUT2D eigenvalue weighted by Crippen LogP contribution is 2.23. The molecule has 0 aliphatic carbocycles. The van der Waals surface area contributed by atoms with Crippen molar-refractivity contribution in [3.63, 3.8) is 0 Å². The van der Waals surface area contributed by atoms with E-state index in [1.54, 1.807) is 38.4 Å². The number of nitrogens with one attached hydrogen (secondary N) is 1. The first-order valence-corrected chi connectivity index (χ1v) is 9.97. The molecule has 3 aromatic heterocycles. The number of anilines is 1. The topological polar surface area (TPSA) is 98.7 Å².